The van der Waals surface area contributed by atoms with Gasteiger partial charge in [-0.1, -0.05) is 6.07 Å². The maximum atomic E-state index is 13.2. The summed E-state index contributed by atoms with van der Waals surface area (Å²) in [4.78, 5) is 0. The van der Waals surface area contributed by atoms with Crippen LogP contribution in [0.3, 0.4) is 0 Å². The summed E-state index contributed by atoms with van der Waals surface area (Å²) in [6.07, 6.45) is 0.711. The fraction of sp³-hybridized carbons (Fsp3) is 0.500. The summed E-state index contributed by atoms with van der Waals surface area (Å²) in [6.45, 7) is 2.90. The molecule has 0 radical (unpaired) electrons. The second-order valence-electron chi connectivity index (χ2n) is 3.65. The van der Waals surface area contributed by atoms with Gasteiger partial charge in [0, 0.05) is 12.6 Å². The number of aliphatic hydroxyl groups excluding tert-OH is 1. The first-order chi connectivity index (χ1) is 7.69. The minimum absolute atomic E-state index is 0.112. The van der Waals surface area contributed by atoms with Crippen molar-refractivity contribution in [2.75, 3.05) is 20.3 Å². The quantitative estimate of drug-likeness (QED) is 0.729. The van der Waals surface area contributed by atoms with Crippen molar-refractivity contribution in [3.05, 3.63) is 29.6 Å². The van der Waals surface area contributed by atoms with E-state index < -0.39 is 0 Å². The van der Waals surface area contributed by atoms with Gasteiger partial charge in [-0.05, 0) is 37.6 Å². The second kappa shape index (κ2) is 6.45. The van der Waals surface area contributed by atoms with Gasteiger partial charge in [0.25, 0.3) is 0 Å². The number of benzene rings is 1. The molecule has 0 aliphatic carbocycles. The topological polar surface area (TPSA) is 41.5 Å². The highest BCUT2D eigenvalue weighted by Crippen LogP contribution is 2.22. The van der Waals surface area contributed by atoms with Gasteiger partial charge in [0.2, 0.25) is 0 Å². The summed E-state index contributed by atoms with van der Waals surface area (Å²) in [5.74, 6) is -0.0953. The molecular weight excluding hydrogens is 209 g/mol. The normalized spacial score (nSPS) is 12.5. The minimum Gasteiger partial charge on any atom is -0.494 e. The molecule has 0 aliphatic heterocycles. The predicted molar refractivity (Wildman–Crippen MR) is 61.1 cm³/mol. The molecule has 16 heavy (non-hydrogen) atoms. The minimum atomic E-state index is -0.353. The van der Waals surface area contributed by atoms with Crippen LogP contribution in [0.25, 0.3) is 0 Å². The fourth-order valence-electron chi connectivity index (χ4n) is 1.46. The molecule has 4 heteroatoms. The van der Waals surface area contributed by atoms with Gasteiger partial charge in [0.1, 0.15) is 0 Å². The van der Waals surface area contributed by atoms with Crippen molar-refractivity contribution in [2.45, 2.75) is 19.4 Å². The van der Waals surface area contributed by atoms with Gasteiger partial charge in [-0.15, -0.1) is 0 Å². The maximum absolute atomic E-state index is 13.2. The zero-order valence-corrected chi connectivity index (χ0v) is 9.66. The van der Waals surface area contributed by atoms with Crippen LogP contribution >= 0.6 is 0 Å². The van der Waals surface area contributed by atoms with Crippen molar-refractivity contribution < 1.29 is 14.2 Å². The third kappa shape index (κ3) is 3.47. The number of hydrogen-bond acceptors (Lipinski definition) is 3. The highest BCUT2D eigenvalue weighted by atomic mass is 19.1. The van der Waals surface area contributed by atoms with Crippen LogP contribution in [0.2, 0.25) is 0 Å². The van der Waals surface area contributed by atoms with E-state index >= 15 is 0 Å². The van der Waals surface area contributed by atoms with Crippen LogP contribution in [-0.2, 0) is 0 Å². The lowest BCUT2D eigenvalue weighted by molar-refractivity contribution is 0.284. The van der Waals surface area contributed by atoms with E-state index in [1.807, 2.05) is 6.92 Å². The van der Waals surface area contributed by atoms with Gasteiger partial charge in [-0.25, -0.2) is 4.39 Å². The fourth-order valence-corrected chi connectivity index (χ4v) is 1.46. The summed E-state index contributed by atoms with van der Waals surface area (Å²) in [7, 11) is 1.45. The third-order valence-electron chi connectivity index (χ3n) is 2.46. The number of aliphatic hydroxyl groups is 1. The van der Waals surface area contributed by atoms with E-state index in [9.17, 15) is 4.39 Å². The molecule has 90 valence electrons. The highest BCUT2D eigenvalue weighted by molar-refractivity contribution is 5.31. The van der Waals surface area contributed by atoms with Crippen molar-refractivity contribution in [1.82, 2.24) is 5.32 Å². The van der Waals surface area contributed by atoms with Gasteiger partial charge >= 0.3 is 0 Å². The van der Waals surface area contributed by atoms with Crippen LogP contribution in [0.4, 0.5) is 4.39 Å². The number of rotatable bonds is 6. The molecule has 2 N–H and O–H groups in total. The number of methoxy groups -OCH3 is 1. The lowest BCUT2D eigenvalue weighted by Crippen LogP contribution is -2.20. The Bertz CT molecular complexity index is 331. The van der Waals surface area contributed by atoms with Crippen molar-refractivity contribution in [2.24, 2.45) is 0 Å². The van der Waals surface area contributed by atoms with Gasteiger partial charge in [0.05, 0.1) is 7.11 Å². The molecule has 0 saturated carbocycles. The van der Waals surface area contributed by atoms with Crippen molar-refractivity contribution >= 4 is 0 Å². The van der Waals surface area contributed by atoms with Crippen LogP contribution < -0.4 is 10.1 Å². The maximum Gasteiger partial charge on any atom is 0.165 e. The molecular formula is C12H18FNO2. The van der Waals surface area contributed by atoms with E-state index in [-0.39, 0.29) is 24.2 Å². The van der Waals surface area contributed by atoms with Crippen molar-refractivity contribution in [3.63, 3.8) is 0 Å². The first-order valence-electron chi connectivity index (χ1n) is 5.36. The summed E-state index contributed by atoms with van der Waals surface area (Å²) in [5.41, 5.74) is 0.969. The summed E-state index contributed by atoms with van der Waals surface area (Å²) in [6, 6.07) is 4.93. The molecule has 1 atom stereocenters. The predicted octanol–water partition coefficient (Wildman–Crippen LogP) is 1.87. The van der Waals surface area contributed by atoms with E-state index in [1.54, 1.807) is 12.1 Å². The summed E-state index contributed by atoms with van der Waals surface area (Å²) >= 11 is 0. The highest BCUT2D eigenvalue weighted by Gasteiger charge is 2.08. The molecule has 0 aliphatic rings. The Balaban J connectivity index is 2.64. The largest absolute Gasteiger partial charge is 0.494 e. The molecule has 1 unspecified atom stereocenters. The van der Waals surface area contributed by atoms with Crippen LogP contribution in [0, 0.1) is 5.82 Å². The molecule has 0 heterocycles. The number of nitrogens with one attached hydrogen (secondary N) is 1. The Morgan fingerprint density at radius 3 is 2.88 bits per heavy atom. The third-order valence-corrected chi connectivity index (χ3v) is 2.46. The molecule has 0 spiro atoms. The SMILES string of the molecule is COc1cc(C(C)NCCCO)ccc1F. The van der Waals surface area contributed by atoms with Gasteiger partial charge in [0.15, 0.2) is 11.6 Å². The zero-order valence-electron chi connectivity index (χ0n) is 9.66. The molecule has 3 nitrogen and oxygen atoms in total. The van der Waals surface area contributed by atoms with Gasteiger partial charge < -0.3 is 15.2 Å². The standard InChI is InChI=1S/C12H18FNO2/c1-9(14-6-3-7-15)10-4-5-11(13)12(8-10)16-2/h4-5,8-9,14-15H,3,6-7H2,1-2H3. The van der Waals surface area contributed by atoms with Gasteiger partial charge in [-0.3, -0.25) is 0 Å². The van der Waals surface area contributed by atoms with Crippen molar-refractivity contribution in [1.29, 1.82) is 0 Å². The first-order valence-corrected chi connectivity index (χ1v) is 5.36. The van der Waals surface area contributed by atoms with Crippen LogP contribution in [0.15, 0.2) is 18.2 Å². The van der Waals surface area contributed by atoms with E-state index in [0.717, 1.165) is 12.1 Å². The van der Waals surface area contributed by atoms with E-state index in [4.69, 9.17) is 9.84 Å². The zero-order chi connectivity index (χ0) is 12.0. The second-order valence-corrected chi connectivity index (χ2v) is 3.65. The summed E-state index contributed by atoms with van der Waals surface area (Å²) in [5, 5.41) is 11.9. The van der Waals surface area contributed by atoms with E-state index in [0.29, 0.717) is 6.42 Å². The van der Waals surface area contributed by atoms with E-state index in [2.05, 4.69) is 5.32 Å². The van der Waals surface area contributed by atoms with Crippen molar-refractivity contribution in [3.8, 4) is 5.75 Å². The molecule has 1 aromatic rings. The smallest absolute Gasteiger partial charge is 0.165 e. The van der Waals surface area contributed by atoms with Crippen LogP contribution in [0.5, 0.6) is 5.75 Å². The molecule has 0 saturated heterocycles. The summed E-state index contributed by atoms with van der Waals surface area (Å²) < 4.78 is 18.1. The molecule has 0 bridgehead atoms. The molecule has 1 rings (SSSR count). The lowest BCUT2D eigenvalue weighted by atomic mass is 10.1. The van der Waals surface area contributed by atoms with E-state index in [1.165, 1.54) is 13.2 Å². The first kappa shape index (κ1) is 12.9. The lowest BCUT2D eigenvalue weighted by Gasteiger charge is -2.15. The molecule has 0 amide bonds. The van der Waals surface area contributed by atoms with Crippen LogP contribution in [-0.4, -0.2) is 25.4 Å². The Kier molecular flexibility index (Phi) is 5.22. The van der Waals surface area contributed by atoms with Gasteiger partial charge in [-0.2, -0.15) is 0 Å². The molecule has 0 aromatic heterocycles. The molecule has 0 fully saturated rings. The number of hydrogen-bond donors (Lipinski definition) is 2. The Morgan fingerprint density at radius 1 is 1.50 bits per heavy atom. The Hall–Kier alpha value is -1.13. The van der Waals surface area contributed by atoms with Crippen LogP contribution in [0.1, 0.15) is 24.9 Å². The average molecular weight is 227 g/mol. The molecule has 1 aromatic carbocycles. The number of halogens is 1. The number of ether oxygens (including phenoxy) is 1. The Morgan fingerprint density at radius 2 is 2.25 bits per heavy atom. The average Bonchev–Trinajstić information content (AvgIpc) is 2.30. The monoisotopic (exact) mass is 227 g/mol. The Labute approximate surface area is 95.2 Å².